The van der Waals surface area contributed by atoms with Crippen LogP contribution in [0.3, 0.4) is 0 Å². The molecule has 0 aliphatic heterocycles. The number of hydrogen-bond acceptors (Lipinski definition) is 5. The summed E-state index contributed by atoms with van der Waals surface area (Å²) in [6.07, 6.45) is 0. The van der Waals surface area contributed by atoms with Gasteiger partial charge < -0.3 is 5.11 Å². The second-order valence-electron chi connectivity index (χ2n) is 3.42. The lowest BCUT2D eigenvalue weighted by Gasteiger charge is -2.09. The molecule has 1 aromatic heterocycles. The molecule has 2 amide bonds. The van der Waals surface area contributed by atoms with Crippen LogP contribution in [0.2, 0.25) is 0 Å². The summed E-state index contributed by atoms with van der Waals surface area (Å²) in [5.41, 5.74) is 4.40. The molecule has 4 N–H and O–H groups in total. The summed E-state index contributed by atoms with van der Waals surface area (Å²) in [5.74, 6) is -1.98. The Kier molecular flexibility index (Phi) is 5.28. The molecule has 0 aromatic carbocycles. The van der Waals surface area contributed by atoms with E-state index >= 15 is 0 Å². The molecule has 0 fully saturated rings. The lowest BCUT2D eigenvalue weighted by molar-refractivity contribution is -0.139. The van der Waals surface area contributed by atoms with E-state index in [0.717, 1.165) is 0 Å². The van der Waals surface area contributed by atoms with Gasteiger partial charge in [0.05, 0.1) is 11.4 Å². The molecule has 1 rings (SSSR count). The summed E-state index contributed by atoms with van der Waals surface area (Å²) in [4.78, 5) is 33.6. The zero-order valence-electron chi connectivity index (χ0n) is 9.60. The molecule has 18 heavy (non-hydrogen) atoms. The Morgan fingerprint density at radius 2 is 2.11 bits per heavy atom. The van der Waals surface area contributed by atoms with E-state index in [1.807, 2.05) is 0 Å². The predicted octanol–water partition coefficient (Wildman–Crippen LogP) is -0.428. The van der Waals surface area contributed by atoms with Crippen molar-refractivity contribution in [3.8, 4) is 0 Å². The molecule has 1 aromatic rings. The topological polar surface area (TPSA) is 108 Å². The summed E-state index contributed by atoms with van der Waals surface area (Å²) >= 11 is 1.25. The van der Waals surface area contributed by atoms with E-state index in [1.54, 1.807) is 17.5 Å². The van der Waals surface area contributed by atoms with Crippen molar-refractivity contribution < 1.29 is 19.5 Å². The summed E-state index contributed by atoms with van der Waals surface area (Å²) in [5, 5.41) is 12.8. The third-order valence-electron chi connectivity index (χ3n) is 2.00. The molecule has 0 aliphatic rings. The van der Waals surface area contributed by atoms with Crippen molar-refractivity contribution in [2.75, 3.05) is 6.54 Å². The van der Waals surface area contributed by atoms with Gasteiger partial charge in [0.15, 0.2) is 0 Å². The number of carboxylic acids is 1. The lowest BCUT2D eigenvalue weighted by Crippen LogP contribution is -2.47. The molecule has 0 saturated heterocycles. The van der Waals surface area contributed by atoms with Gasteiger partial charge in [0, 0.05) is 0 Å². The first-order chi connectivity index (χ1) is 8.50. The predicted molar refractivity (Wildman–Crippen MR) is 65.0 cm³/mol. The van der Waals surface area contributed by atoms with Crippen LogP contribution in [0.4, 0.5) is 0 Å². The normalized spacial score (nSPS) is 11.6. The number of hydrogen-bond donors (Lipinski definition) is 4. The second-order valence-corrected chi connectivity index (χ2v) is 4.37. The van der Waals surface area contributed by atoms with Gasteiger partial charge in [-0.3, -0.25) is 30.6 Å². The maximum atomic E-state index is 11.4. The van der Waals surface area contributed by atoms with Gasteiger partial charge in [0.2, 0.25) is 0 Å². The Labute approximate surface area is 107 Å². The summed E-state index contributed by atoms with van der Waals surface area (Å²) in [6.45, 7) is 1.22. The molecule has 98 valence electrons. The maximum absolute atomic E-state index is 11.4. The van der Waals surface area contributed by atoms with E-state index in [1.165, 1.54) is 18.3 Å². The fraction of sp³-hybridized carbons (Fsp3) is 0.300. The van der Waals surface area contributed by atoms with Gasteiger partial charge in [-0.2, -0.15) is 0 Å². The minimum absolute atomic E-state index is 0.196. The highest BCUT2D eigenvalue weighted by Gasteiger charge is 2.12. The highest BCUT2D eigenvalue weighted by Crippen LogP contribution is 2.06. The Morgan fingerprint density at radius 3 is 2.67 bits per heavy atom. The molecular formula is C10H13N3O4S. The number of thiophene rings is 1. The first-order valence-electron chi connectivity index (χ1n) is 5.09. The van der Waals surface area contributed by atoms with Crippen LogP contribution in [0.25, 0.3) is 0 Å². The molecule has 0 spiro atoms. The highest BCUT2D eigenvalue weighted by atomic mass is 32.1. The summed E-state index contributed by atoms with van der Waals surface area (Å²) in [7, 11) is 0. The zero-order valence-corrected chi connectivity index (χ0v) is 10.4. The number of rotatable bonds is 5. The SMILES string of the molecule is C[C@@H](NCC(=O)NNC(=O)c1cccs1)C(=O)O. The van der Waals surface area contributed by atoms with E-state index < -0.39 is 23.8 Å². The Bertz CT molecular complexity index is 432. The third-order valence-corrected chi connectivity index (χ3v) is 2.87. The van der Waals surface area contributed by atoms with Crippen LogP contribution in [0.1, 0.15) is 16.6 Å². The van der Waals surface area contributed by atoms with Gasteiger partial charge in [-0.25, -0.2) is 0 Å². The molecule has 0 unspecified atom stereocenters. The average Bonchev–Trinajstić information content (AvgIpc) is 2.86. The largest absolute Gasteiger partial charge is 0.480 e. The van der Waals surface area contributed by atoms with Crippen LogP contribution in [0.15, 0.2) is 17.5 Å². The molecular weight excluding hydrogens is 258 g/mol. The van der Waals surface area contributed by atoms with Gasteiger partial charge in [-0.15, -0.1) is 11.3 Å². The number of aliphatic carboxylic acids is 1. The van der Waals surface area contributed by atoms with Crippen molar-refractivity contribution in [3.05, 3.63) is 22.4 Å². The molecule has 0 aliphatic carbocycles. The second kappa shape index (κ2) is 6.72. The Morgan fingerprint density at radius 1 is 1.39 bits per heavy atom. The van der Waals surface area contributed by atoms with E-state index in [0.29, 0.717) is 4.88 Å². The monoisotopic (exact) mass is 271 g/mol. The third kappa shape index (κ3) is 4.52. The number of nitrogens with one attached hydrogen (secondary N) is 3. The van der Waals surface area contributed by atoms with Crippen molar-refractivity contribution in [3.63, 3.8) is 0 Å². The van der Waals surface area contributed by atoms with Crippen molar-refractivity contribution in [2.45, 2.75) is 13.0 Å². The molecule has 8 heteroatoms. The van der Waals surface area contributed by atoms with Crippen LogP contribution >= 0.6 is 11.3 Å². The quantitative estimate of drug-likeness (QED) is 0.544. The van der Waals surface area contributed by atoms with Crippen LogP contribution < -0.4 is 16.2 Å². The Hall–Kier alpha value is -1.93. The van der Waals surface area contributed by atoms with Crippen LogP contribution in [-0.2, 0) is 9.59 Å². The van der Waals surface area contributed by atoms with Crippen LogP contribution in [0.5, 0.6) is 0 Å². The van der Waals surface area contributed by atoms with Gasteiger partial charge in [0.25, 0.3) is 11.8 Å². The standard InChI is InChI=1S/C10H13N3O4S/c1-6(10(16)17)11-5-8(14)12-13-9(15)7-3-2-4-18-7/h2-4,6,11H,5H2,1H3,(H,12,14)(H,13,15)(H,16,17)/t6-/m1/s1. The van der Waals surface area contributed by atoms with Crippen molar-refractivity contribution in [2.24, 2.45) is 0 Å². The van der Waals surface area contributed by atoms with E-state index in [2.05, 4.69) is 16.2 Å². The van der Waals surface area contributed by atoms with Gasteiger partial charge in [-0.1, -0.05) is 6.07 Å². The highest BCUT2D eigenvalue weighted by molar-refractivity contribution is 7.12. The van der Waals surface area contributed by atoms with Crippen molar-refractivity contribution in [1.29, 1.82) is 0 Å². The average molecular weight is 271 g/mol. The minimum Gasteiger partial charge on any atom is -0.480 e. The van der Waals surface area contributed by atoms with Gasteiger partial charge in [0.1, 0.15) is 6.04 Å². The first-order valence-corrected chi connectivity index (χ1v) is 5.97. The zero-order chi connectivity index (χ0) is 13.5. The smallest absolute Gasteiger partial charge is 0.320 e. The number of amides is 2. The molecule has 0 radical (unpaired) electrons. The molecule has 0 saturated carbocycles. The fourth-order valence-corrected chi connectivity index (χ4v) is 1.59. The summed E-state index contributed by atoms with van der Waals surface area (Å²) in [6, 6.07) is 2.51. The summed E-state index contributed by atoms with van der Waals surface area (Å²) < 4.78 is 0. The first kappa shape index (κ1) is 14.1. The fourth-order valence-electron chi connectivity index (χ4n) is 0.973. The van der Waals surface area contributed by atoms with E-state index in [9.17, 15) is 14.4 Å². The molecule has 0 bridgehead atoms. The maximum Gasteiger partial charge on any atom is 0.320 e. The number of carbonyl (C=O) groups excluding carboxylic acids is 2. The number of carbonyl (C=O) groups is 3. The Balaban J connectivity index is 2.25. The van der Waals surface area contributed by atoms with E-state index in [4.69, 9.17) is 5.11 Å². The minimum atomic E-state index is -1.05. The number of carboxylic acid groups (broad SMARTS) is 1. The molecule has 1 atom stereocenters. The van der Waals surface area contributed by atoms with Gasteiger partial charge >= 0.3 is 5.97 Å². The number of hydrazine groups is 1. The molecule has 1 heterocycles. The molecule has 7 nitrogen and oxygen atoms in total. The lowest BCUT2D eigenvalue weighted by atomic mass is 10.3. The van der Waals surface area contributed by atoms with Crippen molar-refractivity contribution in [1.82, 2.24) is 16.2 Å². The van der Waals surface area contributed by atoms with Crippen molar-refractivity contribution >= 4 is 29.1 Å². The van der Waals surface area contributed by atoms with Crippen LogP contribution in [-0.4, -0.2) is 35.5 Å². The van der Waals surface area contributed by atoms with Gasteiger partial charge in [-0.05, 0) is 18.4 Å². The van der Waals surface area contributed by atoms with E-state index in [-0.39, 0.29) is 6.54 Å². The van der Waals surface area contributed by atoms with Crippen LogP contribution in [0, 0.1) is 0 Å².